The lowest BCUT2D eigenvalue weighted by atomic mass is 10.3. The number of carboxylic acids is 1. The maximum absolute atomic E-state index is 10.4. The Morgan fingerprint density at radius 1 is 1.67 bits per heavy atom. The molecule has 1 rings (SSSR count). The summed E-state index contributed by atoms with van der Waals surface area (Å²) in [4.78, 5) is 14.0. The number of carboxylic acid groups (broad SMARTS) is 1. The van der Waals surface area contributed by atoms with Gasteiger partial charge in [-0.2, -0.15) is 0 Å². The normalized spacial score (nSPS) is 8.75. The second-order valence-corrected chi connectivity index (χ2v) is 2.27. The molecule has 66 valence electrons. The van der Waals surface area contributed by atoms with Crippen molar-refractivity contribution in [3.05, 3.63) is 23.0 Å². The first kappa shape index (κ1) is 11.0. The fourth-order valence-electron chi connectivity index (χ4n) is 0.614. The Morgan fingerprint density at radius 3 is 2.67 bits per heavy atom. The van der Waals surface area contributed by atoms with E-state index < -0.39 is 5.97 Å². The molecule has 0 bridgehead atoms. The van der Waals surface area contributed by atoms with Crippen molar-refractivity contribution in [2.45, 2.75) is 0 Å². The molecule has 3 N–H and O–H groups in total. The highest BCUT2D eigenvalue weighted by Gasteiger charge is 2.08. The molecule has 1 aromatic rings. The first-order valence-electron chi connectivity index (χ1n) is 2.75. The van der Waals surface area contributed by atoms with Gasteiger partial charge in [0.1, 0.15) is 5.15 Å². The summed E-state index contributed by atoms with van der Waals surface area (Å²) in [5, 5.41) is 8.46. The van der Waals surface area contributed by atoms with Crippen molar-refractivity contribution >= 4 is 35.7 Å². The molecule has 0 fully saturated rings. The van der Waals surface area contributed by atoms with E-state index in [9.17, 15) is 4.79 Å². The average molecular weight is 209 g/mol. The van der Waals surface area contributed by atoms with Gasteiger partial charge in [0, 0.05) is 0 Å². The van der Waals surface area contributed by atoms with Crippen LogP contribution in [0.15, 0.2) is 12.3 Å². The van der Waals surface area contributed by atoms with Crippen LogP contribution in [0.2, 0.25) is 5.15 Å². The van der Waals surface area contributed by atoms with Crippen LogP contribution in [0.5, 0.6) is 0 Å². The minimum atomic E-state index is -1.13. The molecule has 0 aliphatic carbocycles. The number of hydrogen-bond acceptors (Lipinski definition) is 3. The molecule has 0 amide bonds. The Hall–Kier alpha value is -1.00. The Morgan fingerprint density at radius 2 is 2.25 bits per heavy atom. The maximum atomic E-state index is 10.4. The monoisotopic (exact) mass is 208 g/mol. The van der Waals surface area contributed by atoms with E-state index in [1.807, 2.05) is 0 Å². The number of nitrogens with zero attached hydrogens (tertiary/aromatic N) is 1. The standard InChI is InChI=1S/C6H5ClN2O2.ClH/c7-5-4(6(10)11)1-3(8)2-9-5;/h1-2H,8H2,(H,10,11);1H. The molecular weight excluding hydrogens is 203 g/mol. The first-order valence-corrected chi connectivity index (χ1v) is 3.13. The third-order valence-electron chi connectivity index (χ3n) is 1.09. The number of hydrogen-bond donors (Lipinski definition) is 2. The molecule has 4 nitrogen and oxygen atoms in total. The van der Waals surface area contributed by atoms with Gasteiger partial charge in [-0.1, -0.05) is 11.6 Å². The van der Waals surface area contributed by atoms with Crippen LogP contribution in [-0.4, -0.2) is 16.1 Å². The highest BCUT2D eigenvalue weighted by atomic mass is 35.5. The topological polar surface area (TPSA) is 76.2 Å². The van der Waals surface area contributed by atoms with Crippen molar-refractivity contribution < 1.29 is 9.90 Å². The van der Waals surface area contributed by atoms with Crippen molar-refractivity contribution in [2.24, 2.45) is 0 Å². The molecule has 1 heterocycles. The van der Waals surface area contributed by atoms with Gasteiger partial charge < -0.3 is 10.8 Å². The number of aromatic carboxylic acids is 1. The van der Waals surface area contributed by atoms with Gasteiger partial charge in [-0.3, -0.25) is 0 Å². The highest BCUT2D eigenvalue weighted by Crippen LogP contribution is 2.14. The number of nitrogen functional groups attached to an aromatic ring is 1. The van der Waals surface area contributed by atoms with E-state index in [-0.39, 0.29) is 28.8 Å². The maximum Gasteiger partial charge on any atom is 0.338 e. The van der Waals surface area contributed by atoms with Crippen LogP contribution >= 0.6 is 24.0 Å². The van der Waals surface area contributed by atoms with E-state index in [0.717, 1.165) is 0 Å². The SMILES string of the molecule is Cl.Nc1cnc(Cl)c(C(=O)O)c1. The van der Waals surface area contributed by atoms with Crippen LogP contribution in [0.4, 0.5) is 5.69 Å². The van der Waals surface area contributed by atoms with Crippen molar-refractivity contribution in [3.8, 4) is 0 Å². The molecule has 0 aliphatic heterocycles. The number of nitrogens with two attached hydrogens (primary N) is 1. The van der Waals surface area contributed by atoms with Gasteiger partial charge in [0.2, 0.25) is 0 Å². The molecule has 0 saturated heterocycles. The Bertz CT molecular complexity index is 304. The van der Waals surface area contributed by atoms with E-state index in [2.05, 4.69) is 4.98 Å². The third-order valence-corrected chi connectivity index (χ3v) is 1.39. The van der Waals surface area contributed by atoms with Crippen molar-refractivity contribution in [3.63, 3.8) is 0 Å². The molecule has 0 spiro atoms. The second-order valence-electron chi connectivity index (χ2n) is 1.91. The van der Waals surface area contributed by atoms with E-state index in [4.69, 9.17) is 22.4 Å². The summed E-state index contributed by atoms with van der Waals surface area (Å²) in [6.07, 6.45) is 1.30. The summed E-state index contributed by atoms with van der Waals surface area (Å²) in [6.45, 7) is 0. The zero-order valence-corrected chi connectivity index (χ0v) is 7.39. The largest absolute Gasteiger partial charge is 0.478 e. The van der Waals surface area contributed by atoms with E-state index in [1.54, 1.807) is 0 Å². The molecule has 0 unspecified atom stereocenters. The number of carbonyl (C=O) groups is 1. The van der Waals surface area contributed by atoms with Crippen molar-refractivity contribution in [1.29, 1.82) is 0 Å². The van der Waals surface area contributed by atoms with Gasteiger partial charge in [-0.25, -0.2) is 9.78 Å². The fourth-order valence-corrected chi connectivity index (χ4v) is 0.798. The van der Waals surface area contributed by atoms with Crippen LogP contribution < -0.4 is 5.73 Å². The minimum absolute atomic E-state index is 0. The molecule has 6 heteroatoms. The number of halogens is 2. The molecule has 0 atom stereocenters. The van der Waals surface area contributed by atoms with Gasteiger partial charge in [0.25, 0.3) is 0 Å². The number of pyridine rings is 1. The zero-order chi connectivity index (χ0) is 8.43. The fraction of sp³-hybridized carbons (Fsp3) is 0. The predicted molar refractivity (Wildman–Crippen MR) is 47.9 cm³/mol. The highest BCUT2D eigenvalue weighted by molar-refractivity contribution is 6.32. The molecule has 0 aliphatic rings. The van der Waals surface area contributed by atoms with Crippen molar-refractivity contribution in [2.75, 3.05) is 5.73 Å². The molecule has 0 aromatic carbocycles. The number of rotatable bonds is 1. The summed E-state index contributed by atoms with van der Waals surface area (Å²) in [5.74, 6) is -1.13. The quantitative estimate of drug-likeness (QED) is 0.686. The molecule has 12 heavy (non-hydrogen) atoms. The van der Waals surface area contributed by atoms with Crippen LogP contribution in [0.1, 0.15) is 10.4 Å². The van der Waals surface area contributed by atoms with Gasteiger partial charge in [-0.15, -0.1) is 12.4 Å². The lowest BCUT2D eigenvalue weighted by Gasteiger charge is -1.97. The van der Waals surface area contributed by atoms with E-state index in [0.29, 0.717) is 0 Å². The second kappa shape index (κ2) is 4.13. The van der Waals surface area contributed by atoms with Gasteiger partial charge >= 0.3 is 5.97 Å². The molecular formula is C6H6Cl2N2O2. The average Bonchev–Trinajstić information content (AvgIpc) is 1.94. The molecule has 0 radical (unpaired) electrons. The first-order chi connectivity index (χ1) is 5.11. The molecule has 0 saturated carbocycles. The summed E-state index contributed by atoms with van der Waals surface area (Å²) >= 11 is 5.44. The lowest BCUT2D eigenvalue weighted by Crippen LogP contribution is -2.00. The van der Waals surface area contributed by atoms with Gasteiger partial charge in [0.15, 0.2) is 0 Å². The number of aromatic nitrogens is 1. The van der Waals surface area contributed by atoms with E-state index in [1.165, 1.54) is 12.3 Å². The van der Waals surface area contributed by atoms with Crippen LogP contribution in [0.3, 0.4) is 0 Å². The van der Waals surface area contributed by atoms with Gasteiger partial charge in [-0.05, 0) is 6.07 Å². The van der Waals surface area contributed by atoms with Gasteiger partial charge in [0.05, 0.1) is 17.4 Å². The number of anilines is 1. The van der Waals surface area contributed by atoms with Crippen LogP contribution in [0.25, 0.3) is 0 Å². The Labute approximate surface area is 79.8 Å². The van der Waals surface area contributed by atoms with Crippen LogP contribution in [-0.2, 0) is 0 Å². The summed E-state index contributed by atoms with van der Waals surface area (Å²) in [6, 6.07) is 1.26. The van der Waals surface area contributed by atoms with Crippen molar-refractivity contribution in [1.82, 2.24) is 4.98 Å². The predicted octanol–water partition coefficient (Wildman–Crippen LogP) is 1.44. The zero-order valence-electron chi connectivity index (χ0n) is 5.82. The lowest BCUT2D eigenvalue weighted by molar-refractivity contribution is 0.0696. The Balaban J connectivity index is 0.00000121. The van der Waals surface area contributed by atoms with Crippen LogP contribution in [0, 0.1) is 0 Å². The molecule has 1 aromatic heterocycles. The van der Waals surface area contributed by atoms with E-state index >= 15 is 0 Å². The summed E-state index contributed by atoms with van der Waals surface area (Å²) in [7, 11) is 0. The Kier molecular flexibility index (Phi) is 3.79. The smallest absolute Gasteiger partial charge is 0.338 e. The summed E-state index contributed by atoms with van der Waals surface area (Å²) in [5.41, 5.74) is 5.49. The summed E-state index contributed by atoms with van der Waals surface area (Å²) < 4.78 is 0. The minimum Gasteiger partial charge on any atom is -0.478 e. The third kappa shape index (κ3) is 2.25.